The van der Waals surface area contributed by atoms with Gasteiger partial charge in [0.2, 0.25) is 5.88 Å². The van der Waals surface area contributed by atoms with E-state index in [0.29, 0.717) is 31.3 Å². The van der Waals surface area contributed by atoms with E-state index in [4.69, 9.17) is 0 Å². The summed E-state index contributed by atoms with van der Waals surface area (Å²) in [6.07, 6.45) is 7.45. The zero-order valence-electron chi connectivity index (χ0n) is 19.9. The first-order chi connectivity index (χ1) is 16.5. The Morgan fingerprint density at radius 3 is 2.71 bits per heavy atom. The number of unbranched alkanes of at least 4 members (excludes halogenated alkanes) is 1. The molecule has 7 nitrogen and oxygen atoms in total. The molecule has 0 saturated carbocycles. The van der Waals surface area contributed by atoms with Crippen molar-refractivity contribution in [3.8, 4) is 5.88 Å². The first kappa shape index (κ1) is 23.7. The van der Waals surface area contributed by atoms with E-state index in [-0.39, 0.29) is 17.5 Å². The number of carbonyl (C=O) groups excluding carboxylic acids is 1. The van der Waals surface area contributed by atoms with Gasteiger partial charge in [0, 0.05) is 31.9 Å². The zero-order valence-corrected chi connectivity index (χ0v) is 19.9. The van der Waals surface area contributed by atoms with Crippen LogP contribution in [-0.2, 0) is 12.8 Å². The van der Waals surface area contributed by atoms with Gasteiger partial charge in [-0.25, -0.2) is 0 Å². The summed E-state index contributed by atoms with van der Waals surface area (Å²) >= 11 is 0. The van der Waals surface area contributed by atoms with E-state index in [2.05, 4.69) is 29.0 Å². The molecule has 1 N–H and O–H groups in total. The van der Waals surface area contributed by atoms with Crippen LogP contribution in [0.15, 0.2) is 59.7 Å². The number of aryl methyl sites for hydroxylation is 1. The molecule has 0 aliphatic carbocycles. The second-order valence-electron chi connectivity index (χ2n) is 9.06. The quantitative estimate of drug-likeness (QED) is 0.549. The van der Waals surface area contributed by atoms with Gasteiger partial charge in [-0.15, -0.1) is 0 Å². The minimum atomic E-state index is -0.658. The third-order valence-corrected chi connectivity index (χ3v) is 6.64. The summed E-state index contributed by atoms with van der Waals surface area (Å²) in [6.45, 7) is 5.09. The molecule has 0 bridgehead atoms. The summed E-state index contributed by atoms with van der Waals surface area (Å²) in [6, 6.07) is 13.6. The van der Waals surface area contributed by atoms with Crippen molar-refractivity contribution in [1.29, 1.82) is 0 Å². The number of rotatable bonds is 8. The summed E-state index contributed by atoms with van der Waals surface area (Å²) in [5.41, 5.74) is 1.20. The van der Waals surface area contributed by atoms with Gasteiger partial charge in [-0.05, 0) is 49.3 Å². The van der Waals surface area contributed by atoms with Gasteiger partial charge in [0.1, 0.15) is 5.82 Å². The first-order valence-corrected chi connectivity index (χ1v) is 12.1. The van der Waals surface area contributed by atoms with Crippen molar-refractivity contribution in [3.05, 3.63) is 87.7 Å². The lowest BCUT2D eigenvalue weighted by Crippen LogP contribution is -2.35. The first-order valence-electron chi connectivity index (χ1n) is 12.1. The van der Waals surface area contributed by atoms with Crippen molar-refractivity contribution in [3.63, 3.8) is 0 Å². The summed E-state index contributed by atoms with van der Waals surface area (Å²) in [5, 5.41) is 11.3. The Hall–Kier alpha value is -3.48. The maximum Gasteiger partial charge on any atom is 0.289 e. The molecule has 1 aromatic carbocycles. The van der Waals surface area contributed by atoms with Crippen molar-refractivity contribution in [2.24, 2.45) is 5.92 Å². The van der Waals surface area contributed by atoms with Gasteiger partial charge in [-0.3, -0.25) is 19.1 Å². The maximum absolute atomic E-state index is 13.4. The van der Waals surface area contributed by atoms with Crippen molar-refractivity contribution >= 4 is 5.91 Å². The van der Waals surface area contributed by atoms with Gasteiger partial charge in [0.05, 0.1) is 6.04 Å². The molecule has 3 aromatic rings. The number of benzene rings is 1. The maximum atomic E-state index is 13.4. The van der Waals surface area contributed by atoms with Crippen LogP contribution in [0, 0.1) is 5.92 Å². The van der Waals surface area contributed by atoms with E-state index in [9.17, 15) is 14.7 Å². The van der Waals surface area contributed by atoms with Crippen molar-refractivity contribution in [1.82, 2.24) is 19.4 Å². The number of pyridine rings is 1. The third kappa shape index (κ3) is 5.03. The smallest absolute Gasteiger partial charge is 0.289 e. The van der Waals surface area contributed by atoms with E-state index in [1.165, 1.54) is 5.56 Å². The molecule has 34 heavy (non-hydrogen) atoms. The second kappa shape index (κ2) is 10.6. The molecule has 0 spiro atoms. The Labute approximate surface area is 200 Å². The lowest BCUT2D eigenvalue weighted by Gasteiger charge is -2.24. The summed E-state index contributed by atoms with van der Waals surface area (Å²) in [5.74, 6) is 0.0566. The highest BCUT2D eigenvalue weighted by Crippen LogP contribution is 2.29. The molecule has 7 heteroatoms. The van der Waals surface area contributed by atoms with Crippen LogP contribution >= 0.6 is 0 Å². The molecule has 2 aromatic heterocycles. The number of carbonyl (C=O) groups is 1. The van der Waals surface area contributed by atoms with Crippen molar-refractivity contribution in [2.45, 2.75) is 52.0 Å². The molecule has 1 fully saturated rings. The van der Waals surface area contributed by atoms with E-state index >= 15 is 0 Å². The molecule has 2 atom stereocenters. The summed E-state index contributed by atoms with van der Waals surface area (Å²) in [7, 11) is 0. The molecular weight excluding hydrogens is 428 g/mol. The Balaban J connectivity index is 1.63. The van der Waals surface area contributed by atoms with Gasteiger partial charge < -0.3 is 10.0 Å². The predicted octanol–water partition coefficient (Wildman–Crippen LogP) is 4.00. The van der Waals surface area contributed by atoms with Gasteiger partial charge in [-0.1, -0.05) is 49.7 Å². The van der Waals surface area contributed by atoms with Crippen LogP contribution in [0.3, 0.4) is 0 Å². The Bertz CT molecular complexity index is 1180. The molecular formula is C27H32N4O3. The molecule has 178 valence electrons. The van der Waals surface area contributed by atoms with Gasteiger partial charge in [0.25, 0.3) is 11.5 Å². The number of nitrogens with zero attached hydrogens (tertiary/aromatic N) is 4. The fourth-order valence-electron chi connectivity index (χ4n) is 4.73. The Kier molecular flexibility index (Phi) is 7.40. The average molecular weight is 461 g/mol. The molecule has 1 aliphatic heterocycles. The van der Waals surface area contributed by atoms with Crippen LogP contribution in [-0.4, -0.2) is 43.5 Å². The summed E-state index contributed by atoms with van der Waals surface area (Å²) in [4.78, 5) is 36.5. The molecule has 0 radical (unpaired) electrons. The number of hydrogen-bond acceptors (Lipinski definition) is 5. The number of aromatic nitrogens is 3. The minimum absolute atomic E-state index is 0.239. The second-order valence-corrected chi connectivity index (χ2v) is 9.06. The molecule has 1 saturated heterocycles. The lowest BCUT2D eigenvalue weighted by molar-refractivity contribution is 0.0779. The molecule has 1 unspecified atom stereocenters. The van der Waals surface area contributed by atoms with Crippen molar-refractivity contribution in [2.75, 3.05) is 13.1 Å². The topological polar surface area (TPSA) is 88.3 Å². The lowest BCUT2D eigenvalue weighted by atomic mass is 9.99. The van der Waals surface area contributed by atoms with Crippen LogP contribution in [0.25, 0.3) is 0 Å². The highest BCUT2D eigenvalue weighted by Gasteiger charge is 2.32. The highest BCUT2D eigenvalue weighted by atomic mass is 16.3. The average Bonchev–Trinajstić information content (AvgIpc) is 3.32. The predicted molar refractivity (Wildman–Crippen MR) is 131 cm³/mol. The van der Waals surface area contributed by atoms with E-state index < -0.39 is 11.5 Å². The van der Waals surface area contributed by atoms with Crippen LogP contribution in [0.5, 0.6) is 5.88 Å². The zero-order chi connectivity index (χ0) is 24.1. The Morgan fingerprint density at radius 2 is 2.00 bits per heavy atom. The van der Waals surface area contributed by atoms with Crippen LogP contribution in [0.4, 0.5) is 0 Å². The molecule has 4 rings (SSSR count). The van der Waals surface area contributed by atoms with Crippen LogP contribution in [0.2, 0.25) is 0 Å². The van der Waals surface area contributed by atoms with Crippen molar-refractivity contribution < 1.29 is 9.90 Å². The summed E-state index contributed by atoms with van der Waals surface area (Å²) < 4.78 is 1.62. The fourth-order valence-corrected chi connectivity index (χ4v) is 4.73. The standard InChI is InChI=1S/C27H32N4O3/c1-3-4-12-23-29-25(32)24(27(34)31(23)19(2)22-11-8-14-28-17-22)26(33)30-15-13-21(18-30)16-20-9-6-5-7-10-20/h5-11,14,17,19,21,34H,3-4,12-13,15-16,18H2,1-2H3/t19?,21-/m0/s1. The van der Waals surface area contributed by atoms with E-state index in [1.54, 1.807) is 21.9 Å². The van der Waals surface area contributed by atoms with E-state index in [1.807, 2.05) is 37.3 Å². The fraction of sp³-hybridized carbons (Fsp3) is 0.407. The number of aromatic hydroxyl groups is 1. The Morgan fingerprint density at radius 1 is 1.21 bits per heavy atom. The number of hydrogen-bond donors (Lipinski definition) is 1. The molecule has 1 aliphatic rings. The van der Waals surface area contributed by atoms with Crippen LogP contribution in [0.1, 0.15) is 66.5 Å². The number of likely N-dealkylation sites (tertiary alicyclic amines) is 1. The van der Waals surface area contributed by atoms with Gasteiger partial charge in [-0.2, -0.15) is 4.98 Å². The molecule has 3 heterocycles. The third-order valence-electron chi connectivity index (χ3n) is 6.64. The van der Waals surface area contributed by atoms with Crippen LogP contribution < -0.4 is 5.56 Å². The highest BCUT2D eigenvalue weighted by molar-refractivity contribution is 5.96. The number of amides is 1. The van der Waals surface area contributed by atoms with Gasteiger partial charge in [0.15, 0.2) is 5.56 Å². The normalized spacial score (nSPS) is 16.5. The largest absolute Gasteiger partial charge is 0.494 e. The van der Waals surface area contributed by atoms with Gasteiger partial charge >= 0.3 is 0 Å². The molecule has 1 amide bonds. The van der Waals surface area contributed by atoms with E-state index in [0.717, 1.165) is 31.2 Å². The minimum Gasteiger partial charge on any atom is -0.494 e. The monoisotopic (exact) mass is 460 g/mol. The SMILES string of the molecule is CCCCc1nc(=O)c(C(=O)N2CC[C@@H](Cc3ccccc3)C2)c(O)n1C(C)c1cccnc1.